The summed E-state index contributed by atoms with van der Waals surface area (Å²) in [6.45, 7) is 5.08. The van der Waals surface area contributed by atoms with Crippen molar-refractivity contribution in [1.29, 1.82) is 0 Å². The molecule has 0 aliphatic heterocycles. The summed E-state index contributed by atoms with van der Waals surface area (Å²) < 4.78 is 24.4. The zero-order valence-corrected chi connectivity index (χ0v) is 14.3. The number of benzene rings is 2. The van der Waals surface area contributed by atoms with Crippen LogP contribution in [-0.2, 0) is 13.2 Å². The molecule has 2 aromatic carbocycles. The van der Waals surface area contributed by atoms with Crippen LogP contribution in [0.25, 0.3) is 0 Å². The highest BCUT2D eigenvalue weighted by molar-refractivity contribution is 6.31. The summed E-state index contributed by atoms with van der Waals surface area (Å²) in [5.74, 6) is 0.965. The van der Waals surface area contributed by atoms with Gasteiger partial charge in [0.2, 0.25) is 0 Å². The number of methoxy groups -OCH3 is 1. The molecular weight excluding hydrogens is 317 g/mol. The highest BCUT2D eigenvalue weighted by Crippen LogP contribution is 2.32. The maximum absolute atomic E-state index is 13.1. The van der Waals surface area contributed by atoms with E-state index in [1.807, 2.05) is 18.2 Å². The van der Waals surface area contributed by atoms with Crippen LogP contribution in [-0.4, -0.2) is 13.2 Å². The summed E-state index contributed by atoms with van der Waals surface area (Å²) >= 11 is 6.05. The Labute approximate surface area is 141 Å². The normalized spacial score (nSPS) is 10.9. The molecule has 0 aliphatic carbocycles. The first-order valence-electron chi connectivity index (χ1n) is 7.47. The van der Waals surface area contributed by atoms with E-state index in [9.17, 15) is 4.39 Å². The Morgan fingerprint density at radius 1 is 1.17 bits per heavy atom. The van der Waals surface area contributed by atoms with Gasteiger partial charge < -0.3 is 14.8 Å². The van der Waals surface area contributed by atoms with Crippen LogP contribution in [0.3, 0.4) is 0 Å². The maximum Gasteiger partial charge on any atom is 0.166 e. The lowest BCUT2D eigenvalue weighted by Crippen LogP contribution is -2.22. The third kappa shape index (κ3) is 4.85. The van der Waals surface area contributed by atoms with Crippen LogP contribution in [0.2, 0.25) is 5.02 Å². The topological polar surface area (TPSA) is 30.5 Å². The summed E-state index contributed by atoms with van der Waals surface area (Å²) in [4.78, 5) is 0. The van der Waals surface area contributed by atoms with Crippen LogP contribution in [0.1, 0.15) is 25.0 Å². The molecular formula is C18H21ClFNO2. The van der Waals surface area contributed by atoms with Gasteiger partial charge in [0.25, 0.3) is 0 Å². The monoisotopic (exact) mass is 337 g/mol. The summed E-state index contributed by atoms with van der Waals surface area (Å²) in [6.07, 6.45) is 0. The van der Waals surface area contributed by atoms with Crippen molar-refractivity contribution in [2.45, 2.75) is 33.0 Å². The van der Waals surface area contributed by atoms with E-state index in [2.05, 4.69) is 19.2 Å². The molecule has 0 saturated carbocycles. The number of halogens is 2. The van der Waals surface area contributed by atoms with Crippen molar-refractivity contribution >= 4 is 11.6 Å². The first kappa shape index (κ1) is 17.6. The fourth-order valence-electron chi connectivity index (χ4n) is 2.13. The molecule has 2 aromatic rings. The molecule has 0 bridgehead atoms. The molecule has 3 nitrogen and oxygen atoms in total. The van der Waals surface area contributed by atoms with E-state index < -0.39 is 0 Å². The van der Waals surface area contributed by atoms with Crippen molar-refractivity contribution in [3.8, 4) is 11.5 Å². The molecule has 0 unspecified atom stereocenters. The van der Waals surface area contributed by atoms with Gasteiger partial charge in [-0.15, -0.1) is 0 Å². The van der Waals surface area contributed by atoms with E-state index in [0.717, 1.165) is 11.1 Å². The SMILES string of the molecule is COc1cccc(CNC(C)C)c1OCc1ccc(F)cc1Cl. The predicted octanol–water partition coefficient (Wildman–Crippen LogP) is 4.56. The van der Waals surface area contributed by atoms with E-state index in [4.69, 9.17) is 21.1 Å². The Morgan fingerprint density at radius 2 is 1.96 bits per heavy atom. The van der Waals surface area contributed by atoms with Gasteiger partial charge in [0.15, 0.2) is 11.5 Å². The van der Waals surface area contributed by atoms with E-state index in [1.54, 1.807) is 13.2 Å². The van der Waals surface area contributed by atoms with Crippen molar-refractivity contribution in [2.24, 2.45) is 0 Å². The summed E-state index contributed by atoms with van der Waals surface area (Å²) in [7, 11) is 1.60. The minimum Gasteiger partial charge on any atom is -0.493 e. The van der Waals surface area contributed by atoms with Crippen LogP contribution in [0.5, 0.6) is 11.5 Å². The molecule has 23 heavy (non-hydrogen) atoms. The quantitative estimate of drug-likeness (QED) is 0.803. The van der Waals surface area contributed by atoms with E-state index in [0.29, 0.717) is 29.1 Å². The lowest BCUT2D eigenvalue weighted by Gasteiger charge is -2.17. The first-order valence-corrected chi connectivity index (χ1v) is 7.85. The van der Waals surface area contributed by atoms with Gasteiger partial charge in [-0.3, -0.25) is 0 Å². The van der Waals surface area contributed by atoms with Gasteiger partial charge in [-0.1, -0.05) is 43.6 Å². The van der Waals surface area contributed by atoms with E-state index >= 15 is 0 Å². The molecule has 0 saturated heterocycles. The summed E-state index contributed by atoms with van der Waals surface area (Å²) in [5, 5.41) is 3.71. The van der Waals surface area contributed by atoms with Gasteiger partial charge in [0.1, 0.15) is 12.4 Å². The molecule has 0 spiro atoms. The number of rotatable bonds is 7. The second-order valence-corrected chi connectivity index (χ2v) is 5.92. The van der Waals surface area contributed by atoms with Crippen LogP contribution in [0, 0.1) is 5.82 Å². The van der Waals surface area contributed by atoms with Crippen molar-refractivity contribution < 1.29 is 13.9 Å². The summed E-state index contributed by atoms with van der Waals surface area (Å²) in [5.41, 5.74) is 1.72. The van der Waals surface area contributed by atoms with Crippen molar-refractivity contribution in [2.75, 3.05) is 7.11 Å². The smallest absolute Gasteiger partial charge is 0.166 e. The second kappa shape index (κ2) is 8.18. The predicted molar refractivity (Wildman–Crippen MR) is 90.7 cm³/mol. The van der Waals surface area contributed by atoms with E-state index in [-0.39, 0.29) is 12.4 Å². The largest absolute Gasteiger partial charge is 0.493 e. The summed E-state index contributed by atoms with van der Waals surface area (Å²) in [6, 6.07) is 10.4. The molecule has 0 aliphatic rings. The Kier molecular flexibility index (Phi) is 6.25. The third-order valence-electron chi connectivity index (χ3n) is 3.37. The average Bonchev–Trinajstić information content (AvgIpc) is 2.52. The molecule has 0 heterocycles. The van der Waals surface area contributed by atoms with Crippen LogP contribution < -0.4 is 14.8 Å². The lowest BCUT2D eigenvalue weighted by atomic mass is 10.1. The molecule has 1 N–H and O–H groups in total. The van der Waals surface area contributed by atoms with Crippen LogP contribution in [0.15, 0.2) is 36.4 Å². The Balaban J connectivity index is 2.19. The molecule has 0 aromatic heterocycles. The first-order chi connectivity index (χ1) is 11.0. The fraction of sp³-hybridized carbons (Fsp3) is 0.333. The highest BCUT2D eigenvalue weighted by atomic mass is 35.5. The molecule has 0 atom stereocenters. The van der Waals surface area contributed by atoms with Gasteiger partial charge in [0, 0.05) is 23.7 Å². The van der Waals surface area contributed by atoms with Gasteiger partial charge in [0.05, 0.1) is 12.1 Å². The molecule has 124 valence electrons. The number of nitrogens with one attached hydrogen (secondary N) is 1. The number of para-hydroxylation sites is 1. The van der Waals surface area contributed by atoms with E-state index in [1.165, 1.54) is 12.1 Å². The van der Waals surface area contributed by atoms with Gasteiger partial charge in [-0.25, -0.2) is 4.39 Å². The highest BCUT2D eigenvalue weighted by Gasteiger charge is 2.12. The molecule has 0 fully saturated rings. The van der Waals surface area contributed by atoms with Crippen molar-refractivity contribution in [3.05, 3.63) is 58.4 Å². The number of hydrogen-bond donors (Lipinski definition) is 1. The van der Waals surface area contributed by atoms with Gasteiger partial charge >= 0.3 is 0 Å². The minimum atomic E-state index is -0.363. The molecule has 0 amide bonds. The second-order valence-electron chi connectivity index (χ2n) is 5.51. The zero-order valence-electron chi connectivity index (χ0n) is 13.5. The van der Waals surface area contributed by atoms with Gasteiger partial charge in [-0.05, 0) is 18.2 Å². The lowest BCUT2D eigenvalue weighted by molar-refractivity contribution is 0.280. The Bertz CT molecular complexity index is 661. The fourth-order valence-corrected chi connectivity index (χ4v) is 2.35. The minimum absolute atomic E-state index is 0.244. The van der Waals surface area contributed by atoms with Crippen molar-refractivity contribution in [1.82, 2.24) is 5.32 Å². The number of ether oxygens (including phenoxy) is 2. The number of hydrogen-bond acceptors (Lipinski definition) is 3. The molecule has 2 rings (SSSR count). The average molecular weight is 338 g/mol. The maximum atomic E-state index is 13.1. The Morgan fingerprint density at radius 3 is 2.61 bits per heavy atom. The molecule has 0 radical (unpaired) electrons. The third-order valence-corrected chi connectivity index (χ3v) is 3.72. The molecule has 5 heteroatoms. The van der Waals surface area contributed by atoms with Gasteiger partial charge in [-0.2, -0.15) is 0 Å². The van der Waals surface area contributed by atoms with Crippen LogP contribution in [0.4, 0.5) is 4.39 Å². The standard InChI is InChI=1S/C18H21ClFNO2/c1-12(2)21-10-13-5-4-6-17(22-3)18(13)23-11-14-7-8-15(20)9-16(14)19/h4-9,12,21H,10-11H2,1-3H3. The Hall–Kier alpha value is -1.78. The zero-order chi connectivity index (χ0) is 16.8. The van der Waals surface area contributed by atoms with Crippen molar-refractivity contribution in [3.63, 3.8) is 0 Å². The van der Waals surface area contributed by atoms with Crippen LogP contribution >= 0.6 is 11.6 Å².